The molecule has 2 aromatic heterocycles. The Balaban J connectivity index is 1.65. The van der Waals surface area contributed by atoms with Gasteiger partial charge in [-0.1, -0.05) is 0 Å². The number of likely N-dealkylation sites (N-methyl/N-ethyl adjacent to an activating group) is 1. The number of aromatic nitrogens is 2. The minimum Gasteiger partial charge on any atom is -0.490 e. The molecule has 0 radical (unpaired) electrons. The van der Waals surface area contributed by atoms with E-state index in [1.54, 1.807) is 30.6 Å². The lowest BCUT2D eigenvalue weighted by atomic mass is 10.0. The maximum absolute atomic E-state index is 13.5. The van der Waals surface area contributed by atoms with Crippen LogP contribution in [0.5, 0.6) is 5.75 Å². The van der Waals surface area contributed by atoms with Gasteiger partial charge in [0.1, 0.15) is 12.4 Å². The Morgan fingerprint density at radius 1 is 1.29 bits per heavy atom. The molecule has 2 aliphatic rings. The number of benzene rings is 1. The average molecular weight is 398 g/mol. The van der Waals surface area contributed by atoms with Crippen molar-refractivity contribution in [2.45, 2.75) is 17.2 Å². The van der Waals surface area contributed by atoms with E-state index < -0.39 is 10.0 Å². The molecule has 0 saturated carbocycles. The molecule has 28 heavy (non-hydrogen) atoms. The predicted octanol–water partition coefficient (Wildman–Crippen LogP) is 2.18. The molecule has 1 aromatic carbocycles. The van der Waals surface area contributed by atoms with Crippen molar-refractivity contribution in [1.82, 2.24) is 14.3 Å². The van der Waals surface area contributed by atoms with Crippen molar-refractivity contribution >= 4 is 26.7 Å². The second kappa shape index (κ2) is 6.49. The number of hydrogen-bond acceptors (Lipinski definition) is 6. The van der Waals surface area contributed by atoms with Crippen LogP contribution < -0.4 is 15.0 Å². The first-order valence-electron chi connectivity index (χ1n) is 9.46. The summed E-state index contributed by atoms with van der Waals surface area (Å²) in [5.41, 5.74) is 3.26. The zero-order valence-corrected chi connectivity index (χ0v) is 16.4. The molecule has 1 fully saturated rings. The standard InChI is InChI=1S/C20H22N4O3S/c1-23-9-10-27-19-11-15(4-5-17(19)23)28(25,26)24-13-16(14-6-8-21-12-14)20-18(24)3-2-7-22-20/h2-5,7,11,13-14,21H,6,8-10,12H2,1H3. The summed E-state index contributed by atoms with van der Waals surface area (Å²) >= 11 is 0. The van der Waals surface area contributed by atoms with Gasteiger partial charge < -0.3 is 15.0 Å². The number of hydrogen-bond donors (Lipinski definition) is 1. The lowest BCUT2D eigenvalue weighted by molar-refractivity contribution is 0.310. The summed E-state index contributed by atoms with van der Waals surface area (Å²) in [6.45, 7) is 3.11. The fourth-order valence-corrected chi connectivity index (χ4v) is 5.47. The van der Waals surface area contributed by atoms with Gasteiger partial charge >= 0.3 is 0 Å². The number of anilines is 1. The third-order valence-electron chi connectivity index (χ3n) is 5.64. The van der Waals surface area contributed by atoms with E-state index in [1.807, 2.05) is 19.2 Å². The molecule has 0 bridgehead atoms. The van der Waals surface area contributed by atoms with Crippen molar-refractivity contribution in [3.05, 3.63) is 48.3 Å². The highest BCUT2D eigenvalue weighted by atomic mass is 32.2. The largest absolute Gasteiger partial charge is 0.490 e. The van der Waals surface area contributed by atoms with Gasteiger partial charge in [0.05, 0.1) is 28.2 Å². The molecule has 0 amide bonds. The summed E-state index contributed by atoms with van der Waals surface area (Å²) < 4.78 is 34.1. The van der Waals surface area contributed by atoms with Gasteiger partial charge in [-0.25, -0.2) is 12.4 Å². The number of nitrogens with one attached hydrogen (secondary N) is 1. The van der Waals surface area contributed by atoms with Crippen LogP contribution in [-0.2, 0) is 10.0 Å². The monoisotopic (exact) mass is 398 g/mol. The van der Waals surface area contributed by atoms with Crippen LogP contribution in [0.1, 0.15) is 17.9 Å². The number of nitrogens with zero attached hydrogens (tertiary/aromatic N) is 3. The molecule has 1 saturated heterocycles. The molecular weight excluding hydrogens is 376 g/mol. The summed E-state index contributed by atoms with van der Waals surface area (Å²) in [5, 5.41) is 3.35. The van der Waals surface area contributed by atoms with Crippen molar-refractivity contribution in [2.75, 3.05) is 38.2 Å². The van der Waals surface area contributed by atoms with E-state index in [4.69, 9.17) is 4.74 Å². The quantitative estimate of drug-likeness (QED) is 0.729. The molecule has 3 aromatic rings. The van der Waals surface area contributed by atoms with Crippen LogP contribution in [0.2, 0.25) is 0 Å². The lowest BCUT2D eigenvalue weighted by Gasteiger charge is -2.27. The van der Waals surface area contributed by atoms with Gasteiger partial charge in [-0.15, -0.1) is 0 Å². The van der Waals surface area contributed by atoms with Crippen molar-refractivity contribution in [3.63, 3.8) is 0 Å². The van der Waals surface area contributed by atoms with Crippen LogP contribution in [0.15, 0.2) is 47.6 Å². The fourth-order valence-electron chi connectivity index (χ4n) is 4.08. The summed E-state index contributed by atoms with van der Waals surface area (Å²) in [5.74, 6) is 0.874. The molecule has 8 heteroatoms. The van der Waals surface area contributed by atoms with Crippen molar-refractivity contribution in [3.8, 4) is 5.75 Å². The van der Waals surface area contributed by atoms with Crippen molar-refractivity contribution < 1.29 is 13.2 Å². The van der Waals surface area contributed by atoms with Gasteiger partial charge in [0.2, 0.25) is 0 Å². The Morgan fingerprint density at radius 3 is 3.00 bits per heavy atom. The molecule has 4 heterocycles. The highest BCUT2D eigenvalue weighted by molar-refractivity contribution is 7.90. The first-order chi connectivity index (χ1) is 13.6. The van der Waals surface area contributed by atoms with Crippen LogP contribution >= 0.6 is 0 Å². The first-order valence-corrected chi connectivity index (χ1v) is 10.9. The molecule has 1 unspecified atom stereocenters. The minimum absolute atomic E-state index is 0.221. The summed E-state index contributed by atoms with van der Waals surface area (Å²) in [7, 11) is -1.79. The van der Waals surface area contributed by atoms with Gasteiger partial charge in [0, 0.05) is 43.5 Å². The Morgan fingerprint density at radius 2 is 2.18 bits per heavy atom. The molecule has 146 valence electrons. The summed E-state index contributed by atoms with van der Waals surface area (Å²) in [6, 6.07) is 8.68. The second-order valence-corrected chi connectivity index (χ2v) is 9.16. The molecule has 7 nitrogen and oxygen atoms in total. The maximum Gasteiger partial charge on any atom is 0.268 e. The highest BCUT2D eigenvalue weighted by Gasteiger charge is 2.28. The van der Waals surface area contributed by atoms with Gasteiger partial charge in [-0.2, -0.15) is 0 Å². The Labute approximate surface area is 164 Å². The van der Waals surface area contributed by atoms with Crippen LogP contribution in [0.4, 0.5) is 5.69 Å². The highest BCUT2D eigenvalue weighted by Crippen LogP contribution is 2.36. The van der Waals surface area contributed by atoms with E-state index in [-0.39, 0.29) is 10.8 Å². The normalized spacial score (nSPS) is 19.6. The Kier molecular flexibility index (Phi) is 4.06. The molecule has 1 N–H and O–H groups in total. The predicted molar refractivity (Wildman–Crippen MR) is 108 cm³/mol. The van der Waals surface area contributed by atoms with Crippen LogP contribution in [-0.4, -0.2) is 50.7 Å². The van der Waals surface area contributed by atoms with Crippen molar-refractivity contribution in [2.24, 2.45) is 0 Å². The maximum atomic E-state index is 13.5. The third-order valence-corrected chi connectivity index (χ3v) is 7.31. The molecule has 0 aliphatic carbocycles. The van der Waals surface area contributed by atoms with Gasteiger partial charge in [-0.3, -0.25) is 4.98 Å². The Hall–Kier alpha value is -2.58. The summed E-state index contributed by atoms with van der Waals surface area (Å²) in [4.78, 5) is 6.77. The topological polar surface area (TPSA) is 76.5 Å². The smallest absolute Gasteiger partial charge is 0.268 e. The summed E-state index contributed by atoms with van der Waals surface area (Å²) in [6.07, 6.45) is 4.44. The first kappa shape index (κ1) is 17.5. The van der Waals surface area contributed by atoms with Gasteiger partial charge in [0.25, 0.3) is 10.0 Å². The molecule has 0 spiro atoms. The fraction of sp³-hybridized carbons (Fsp3) is 0.350. The van der Waals surface area contributed by atoms with Gasteiger partial charge in [-0.05, 0) is 37.2 Å². The zero-order chi connectivity index (χ0) is 19.3. The average Bonchev–Trinajstić information content (AvgIpc) is 3.36. The number of pyridine rings is 1. The van der Waals surface area contributed by atoms with Crippen molar-refractivity contribution in [1.29, 1.82) is 0 Å². The van der Waals surface area contributed by atoms with Gasteiger partial charge in [0.15, 0.2) is 0 Å². The SMILES string of the molecule is CN1CCOc2cc(S(=O)(=O)n3cc(C4CCNC4)c4ncccc43)ccc21. The number of rotatable bonds is 3. The van der Waals surface area contributed by atoms with Crippen LogP contribution in [0.25, 0.3) is 11.0 Å². The molecule has 2 aliphatic heterocycles. The Bertz CT molecular complexity index is 1150. The number of ether oxygens (including phenoxy) is 1. The molecule has 5 rings (SSSR count). The second-order valence-electron chi connectivity index (χ2n) is 7.35. The zero-order valence-electron chi connectivity index (χ0n) is 15.6. The molecule has 1 atom stereocenters. The van der Waals surface area contributed by atoms with E-state index in [0.29, 0.717) is 17.9 Å². The van der Waals surface area contributed by atoms with Crippen LogP contribution in [0, 0.1) is 0 Å². The minimum atomic E-state index is -3.77. The van der Waals surface area contributed by atoms with E-state index in [2.05, 4.69) is 15.2 Å². The van der Waals surface area contributed by atoms with E-state index >= 15 is 0 Å². The molecular formula is C20H22N4O3S. The third kappa shape index (κ3) is 2.67. The van der Waals surface area contributed by atoms with E-state index in [1.165, 1.54) is 3.97 Å². The van der Waals surface area contributed by atoms with Crippen LogP contribution in [0.3, 0.4) is 0 Å². The number of fused-ring (bicyclic) bond motifs is 2. The lowest BCUT2D eigenvalue weighted by Crippen LogP contribution is -2.29. The van der Waals surface area contributed by atoms with E-state index in [9.17, 15) is 8.42 Å². The van der Waals surface area contributed by atoms with E-state index in [0.717, 1.165) is 42.8 Å².